The second kappa shape index (κ2) is 7.24. The quantitative estimate of drug-likeness (QED) is 0.522. The van der Waals surface area contributed by atoms with Crippen LogP contribution in [0, 0.1) is 5.92 Å². The van der Waals surface area contributed by atoms with E-state index in [1.807, 2.05) is 5.32 Å². The zero-order valence-corrected chi connectivity index (χ0v) is 10.2. The molecule has 1 fully saturated rings. The number of ether oxygens (including phenoxy) is 1. The average molecular weight is 243 g/mol. The van der Waals surface area contributed by atoms with E-state index in [9.17, 15) is 9.59 Å². The van der Waals surface area contributed by atoms with Gasteiger partial charge in [-0.25, -0.2) is 4.79 Å². The van der Waals surface area contributed by atoms with E-state index in [1.54, 1.807) is 6.92 Å². The molecule has 1 saturated carbocycles. The minimum atomic E-state index is -0.823. The Balaban J connectivity index is 1.92. The van der Waals surface area contributed by atoms with Gasteiger partial charge in [0.25, 0.3) is 0 Å². The molecule has 4 N–H and O–H groups in total. The largest absolute Gasteiger partial charge is 0.381 e. The van der Waals surface area contributed by atoms with E-state index < -0.39 is 18.0 Å². The number of rotatable bonds is 8. The van der Waals surface area contributed by atoms with Crippen molar-refractivity contribution in [1.82, 2.24) is 10.6 Å². The molecule has 17 heavy (non-hydrogen) atoms. The summed E-state index contributed by atoms with van der Waals surface area (Å²) in [6.45, 7) is 3.92. The van der Waals surface area contributed by atoms with Crippen LogP contribution >= 0.6 is 0 Å². The molecule has 1 rings (SSSR count). The predicted octanol–water partition coefficient (Wildman–Crippen LogP) is -0.0239. The number of imide groups is 1. The smallest absolute Gasteiger partial charge is 0.318 e. The molecule has 0 bridgehead atoms. The maximum atomic E-state index is 11.3. The van der Waals surface area contributed by atoms with Gasteiger partial charge >= 0.3 is 6.03 Å². The Morgan fingerprint density at radius 3 is 2.76 bits per heavy atom. The van der Waals surface area contributed by atoms with Crippen LogP contribution in [0.1, 0.15) is 26.2 Å². The molecule has 0 radical (unpaired) electrons. The van der Waals surface area contributed by atoms with E-state index in [2.05, 4.69) is 5.32 Å². The Hall–Kier alpha value is -1.14. The van der Waals surface area contributed by atoms with E-state index in [0.29, 0.717) is 13.2 Å². The van der Waals surface area contributed by atoms with Gasteiger partial charge in [0.1, 0.15) is 0 Å². The summed E-state index contributed by atoms with van der Waals surface area (Å²) in [5.74, 6) is 0.375. The monoisotopic (exact) mass is 243 g/mol. The Morgan fingerprint density at radius 2 is 2.18 bits per heavy atom. The van der Waals surface area contributed by atoms with Gasteiger partial charge in [-0.1, -0.05) is 0 Å². The maximum absolute atomic E-state index is 11.3. The van der Waals surface area contributed by atoms with Crippen molar-refractivity contribution in [3.8, 4) is 0 Å². The number of primary amides is 1. The maximum Gasteiger partial charge on any atom is 0.318 e. The van der Waals surface area contributed by atoms with Crippen LogP contribution in [-0.4, -0.2) is 37.7 Å². The van der Waals surface area contributed by atoms with E-state index in [1.165, 1.54) is 12.8 Å². The summed E-state index contributed by atoms with van der Waals surface area (Å²) in [5.41, 5.74) is 4.84. The fourth-order valence-electron chi connectivity index (χ4n) is 1.35. The van der Waals surface area contributed by atoms with Gasteiger partial charge in [-0.3, -0.25) is 10.1 Å². The van der Waals surface area contributed by atoms with Crippen LogP contribution in [0.25, 0.3) is 0 Å². The first-order valence-electron chi connectivity index (χ1n) is 6.01. The normalized spacial score (nSPS) is 16.5. The summed E-state index contributed by atoms with van der Waals surface area (Å²) >= 11 is 0. The molecule has 1 unspecified atom stereocenters. The molecule has 0 aromatic carbocycles. The molecule has 0 heterocycles. The third-order valence-corrected chi connectivity index (χ3v) is 2.61. The number of hydrogen-bond acceptors (Lipinski definition) is 4. The van der Waals surface area contributed by atoms with E-state index in [-0.39, 0.29) is 0 Å². The predicted molar refractivity (Wildman–Crippen MR) is 63.4 cm³/mol. The van der Waals surface area contributed by atoms with Crippen LogP contribution in [0.5, 0.6) is 0 Å². The van der Waals surface area contributed by atoms with Gasteiger partial charge in [0.2, 0.25) is 5.91 Å². The molecule has 6 heteroatoms. The molecule has 98 valence electrons. The summed E-state index contributed by atoms with van der Waals surface area (Å²) in [7, 11) is 0. The highest BCUT2D eigenvalue weighted by Gasteiger charge is 2.20. The molecule has 1 aliphatic carbocycles. The van der Waals surface area contributed by atoms with E-state index in [4.69, 9.17) is 10.5 Å². The van der Waals surface area contributed by atoms with Crippen LogP contribution in [-0.2, 0) is 9.53 Å². The van der Waals surface area contributed by atoms with Gasteiger partial charge < -0.3 is 15.8 Å². The molecule has 0 aromatic rings. The summed E-state index contributed by atoms with van der Waals surface area (Å²) in [6.07, 6.45) is 3.44. The van der Waals surface area contributed by atoms with Crippen molar-refractivity contribution in [3.05, 3.63) is 0 Å². The fourth-order valence-corrected chi connectivity index (χ4v) is 1.35. The van der Waals surface area contributed by atoms with Crippen LogP contribution in [0.2, 0.25) is 0 Å². The van der Waals surface area contributed by atoms with E-state index in [0.717, 1.165) is 18.9 Å². The standard InChI is InChI=1S/C11H21N3O3/c1-8(10(15)14-11(12)16)13-5-2-6-17-7-9-3-4-9/h8-9,13H,2-7H2,1H3,(H3,12,14,15,16). The van der Waals surface area contributed by atoms with Gasteiger partial charge in [-0.05, 0) is 38.6 Å². The van der Waals surface area contributed by atoms with Crippen LogP contribution < -0.4 is 16.4 Å². The molecule has 1 aliphatic rings. The van der Waals surface area contributed by atoms with Crippen molar-refractivity contribution in [1.29, 1.82) is 0 Å². The molecule has 0 saturated heterocycles. The van der Waals surface area contributed by atoms with Crippen LogP contribution in [0.4, 0.5) is 4.79 Å². The lowest BCUT2D eigenvalue weighted by molar-refractivity contribution is -0.121. The minimum Gasteiger partial charge on any atom is -0.381 e. The number of hydrogen-bond donors (Lipinski definition) is 3. The number of amides is 3. The number of nitrogens with one attached hydrogen (secondary N) is 2. The minimum absolute atomic E-state index is 0.406. The van der Waals surface area contributed by atoms with Crippen molar-refractivity contribution in [2.45, 2.75) is 32.2 Å². The molecular formula is C11H21N3O3. The summed E-state index contributed by atoms with van der Waals surface area (Å²) in [5, 5.41) is 5.02. The highest BCUT2D eigenvalue weighted by Crippen LogP contribution is 2.28. The zero-order valence-electron chi connectivity index (χ0n) is 10.2. The van der Waals surface area contributed by atoms with E-state index >= 15 is 0 Å². The zero-order chi connectivity index (χ0) is 12.7. The van der Waals surface area contributed by atoms with Crippen molar-refractivity contribution in [2.75, 3.05) is 19.8 Å². The second-order valence-corrected chi connectivity index (χ2v) is 4.40. The van der Waals surface area contributed by atoms with Gasteiger partial charge in [0.15, 0.2) is 0 Å². The molecule has 1 atom stereocenters. The summed E-state index contributed by atoms with van der Waals surface area (Å²) < 4.78 is 5.45. The highest BCUT2D eigenvalue weighted by atomic mass is 16.5. The molecule has 0 aromatic heterocycles. The third-order valence-electron chi connectivity index (χ3n) is 2.61. The molecule has 3 amide bonds. The summed E-state index contributed by atoms with van der Waals surface area (Å²) in [4.78, 5) is 21.7. The average Bonchev–Trinajstić information content (AvgIpc) is 3.05. The molecular weight excluding hydrogens is 222 g/mol. The highest BCUT2D eigenvalue weighted by molar-refractivity contribution is 5.96. The fraction of sp³-hybridized carbons (Fsp3) is 0.818. The first kappa shape index (κ1) is 13.9. The Kier molecular flexibility index (Phi) is 5.93. The first-order valence-corrected chi connectivity index (χ1v) is 6.01. The van der Waals surface area contributed by atoms with Crippen molar-refractivity contribution in [3.63, 3.8) is 0 Å². The van der Waals surface area contributed by atoms with Crippen LogP contribution in [0.15, 0.2) is 0 Å². The number of carbonyl (C=O) groups is 2. The number of carbonyl (C=O) groups excluding carboxylic acids is 2. The Morgan fingerprint density at radius 1 is 1.47 bits per heavy atom. The lowest BCUT2D eigenvalue weighted by Crippen LogP contribution is -2.46. The first-order chi connectivity index (χ1) is 8.09. The topological polar surface area (TPSA) is 93.4 Å². The van der Waals surface area contributed by atoms with Gasteiger partial charge in [-0.2, -0.15) is 0 Å². The summed E-state index contributed by atoms with van der Waals surface area (Å²) in [6, 6.07) is -1.25. The van der Waals surface area contributed by atoms with Gasteiger partial charge in [0.05, 0.1) is 6.04 Å². The van der Waals surface area contributed by atoms with Gasteiger partial charge in [-0.15, -0.1) is 0 Å². The number of nitrogens with two attached hydrogens (primary N) is 1. The van der Waals surface area contributed by atoms with Gasteiger partial charge in [0, 0.05) is 13.2 Å². The lowest BCUT2D eigenvalue weighted by Gasteiger charge is -2.12. The molecule has 6 nitrogen and oxygen atoms in total. The third kappa shape index (κ3) is 6.91. The van der Waals surface area contributed by atoms with Crippen molar-refractivity contribution in [2.24, 2.45) is 11.7 Å². The molecule has 0 aliphatic heterocycles. The second-order valence-electron chi connectivity index (χ2n) is 4.40. The van der Waals surface area contributed by atoms with Crippen molar-refractivity contribution >= 4 is 11.9 Å². The van der Waals surface area contributed by atoms with Crippen molar-refractivity contribution < 1.29 is 14.3 Å². The molecule has 0 spiro atoms. The Labute approximate surface area is 101 Å². The lowest BCUT2D eigenvalue weighted by atomic mass is 10.3. The number of urea groups is 1. The Bertz CT molecular complexity index is 267. The van der Waals surface area contributed by atoms with Crippen LogP contribution in [0.3, 0.4) is 0 Å². The SMILES string of the molecule is CC(NCCCOCC1CC1)C(=O)NC(N)=O.